The number of hydrogen-bond acceptors (Lipinski definition) is 4. The second kappa shape index (κ2) is 6.50. The molecule has 0 spiro atoms. The van der Waals surface area contributed by atoms with Crippen LogP contribution in [0.2, 0.25) is 0 Å². The van der Waals surface area contributed by atoms with Gasteiger partial charge in [-0.1, -0.05) is 0 Å². The molecule has 0 unspecified atom stereocenters. The SMILES string of the molecule is COc1cc(OC)c2[nH]c(C(=O)N[C@H](C)[C@@H]3CCCO3)cc2c1. The fourth-order valence-electron chi connectivity index (χ4n) is 2.96. The summed E-state index contributed by atoms with van der Waals surface area (Å²) in [5.74, 6) is 1.18. The van der Waals surface area contributed by atoms with Gasteiger partial charge in [0.05, 0.1) is 31.9 Å². The predicted molar refractivity (Wildman–Crippen MR) is 87.3 cm³/mol. The number of nitrogens with one attached hydrogen (secondary N) is 2. The topological polar surface area (TPSA) is 72.6 Å². The highest BCUT2D eigenvalue weighted by molar-refractivity contribution is 6.00. The zero-order valence-electron chi connectivity index (χ0n) is 13.6. The maximum Gasteiger partial charge on any atom is 0.268 e. The van der Waals surface area contributed by atoms with Gasteiger partial charge >= 0.3 is 0 Å². The summed E-state index contributed by atoms with van der Waals surface area (Å²) in [5.41, 5.74) is 1.28. The van der Waals surface area contributed by atoms with Crippen LogP contribution in [0.5, 0.6) is 11.5 Å². The van der Waals surface area contributed by atoms with Crippen LogP contribution in [0, 0.1) is 0 Å². The molecule has 1 amide bonds. The summed E-state index contributed by atoms with van der Waals surface area (Å²) in [6.45, 7) is 2.74. The molecule has 0 radical (unpaired) electrons. The maximum atomic E-state index is 12.5. The number of carbonyl (C=O) groups is 1. The Balaban J connectivity index is 1.83. The number of benzene rings is 1. The summed E-state index contributed by atoms with van der Waals surface area (Å²) in [6.07, 6.45) is 2.13. The van der Waals surface area contributed by atoms with Crippen LogP contribution in [0.15, 0.2) is 18.2 Å². The zero-order valence-corrected chi connectivity index (χ0v) is 13.6. The first-order chi connectivity index (χ1) is 11.1. The average Bonchev–Trinajstić information content (AvgIpc) is 3.22. The number of methoxy groups -OCH3 is 2. The number of amides is 1. The number of carbonyl (C=O) groups excluding carboxylic acids is 1. The van der Waals surface area contributed by atoms with Crippen molar-refractivity contribution in [1.29, 1.82) is 0 Å². The molecule has 1 aromatic heterocycles. The minimum atomic E-state index is -0.148. The minimum absolute atomic E-state index is 0.0205. The van der Waals surface area contributed by atoms with Gasteiger partial charge < -0.3 is 24.5 Å². The van der Waals surface area contributed by atoms with Crippen LogP contribution < -0.4 is 14.8 Å². The second-order valence-corrected chi connectivity index (χ2v) is 5.79. The highest BCUT2D eigenvalue weighted by Gasteiger charge is 2.24. The first-order valence-corrected chi connectivity index (χ1v) is 7.79. The summed E-state index contributed by atoms with van der Waals surface area (Å²) < 4.78 is 16.2. The molecule has 1 saturated heterocycles. The van der Waals surface area contributed by atoms with E-state index >= 15 is 0 Å². The van der Waals surface area contributed by atoms with Crippen LogP contribution >= 0.6 is 0 Å². The van der Waals surface area contributed by atoms with Crippen LogP contribution in [0.1, 0.15) is 30.3 Å². The number of H-pyrrole nitrogens is 1. The highest BCUT2D eigenvalue weighted by atomic mass is 16.5. The van der Waals surface area contributed by atoms with E-state index in [-0.39, 0.29) is 18.1 Å². The summed E-state index contributed by atoms with van der Waals surface area (Å²) in [4.78, 5) is 15.6. The van der Waals surface area contributed by atoms with E-state index in [0.29, 0.717) is 17.2 Å². The molecule has 0 saturated carbocycles. The van der Waals surface area contributed by atoms with Crippen LogP contribution in [-0.2, 0) is 4.74 Å². The van der Waals surface area contributed by atoms with Crippen molar-refractivity contribution in [3.63, 3.8) is 0 Å². The molecule has 6 heteroatoms. The van der Waals surface area contributed by atoms with Gasteiger partial charge in [0.2, 0.25) is 0 Å². The van der Waals surface area contributed by atoms with Crippen molar-refractivity contribution in [3.8, 4) is 11.5 Å². The largest absolute Gasteiger partial charge is 0.497 e. The first-order valence-electron chi connectivity index (χ1n) is 7.79. The lowest BCUT2D eigenvalue weighted by Gasteiger charge is -2.19. The first kappa shape index (κ1) is 15.7. The smallest absolute Gasteiger partial charge is 0.268 e. The number of aromatic amines is 1. The summed E-state index contributed by atoms with van der Waals surface area (Å²) in [6, 6.07) is 5.44. The Morgan fingerprint density at radius 1 is 1.35 bits per heavy atom. The van der Waals surface area contributed by atoms with Crippen LogP contribution in [-0.4, -0.2) is 43.9 Å². The average molecular weight is 318 g/mol. The molecule has 0 aliphatic carbocycles. The number of hydrogen-bond donors (Lipinski definition) is 2. The van der Waals surface area contributed by atoms with Crippen LogP contribution in [0.3, 0.4) is 0 Å². The zero-order chi connectivity index (χ0) is 16.4. The van der Waals surface area contributed by atoms with Crippen molar-refractivity contribution in [2.45, 2.75) is 31.9 Å². The van der Waals surface area contributed by atoms with Gasteiger partial charge in [-0.3, -0.25) is 4.79 Å². The van der Waals surface area contributed by atoms with Crippen LogP contribution in [0.25, 0.3) is 10.9 Å². The predicted octanol–water partition coefficient (Wildman–Crippen LogP) is 2.48. The minimum Gasteiger partial charge on any atom is -0.497 e. The monoisotopic (exact) mass is 318 g/mol. The van der Waals surface area contributed by atoms with E-state index in [4.69, 9.17) is 14.2 Å². The van der Waals surface area contributed by atoms with Gasteiger partial charge in [0.25, 0.3) is 5.91 Å². The normalized spacial score (nSPS) is 18.8. The van der Waals surface area contributed by atoms with E-state index in [0.717, 1.165) is 30.4 Å². The van der Waals surface area contributed by atoms with Gasteiger partial charge in [-0.2, -0.15) is 0 Å². The molecular formula is C17H22N2O4. The summed E-state index contributed by atoms with van der Waals surface area (Å²) >= 11 is 0. The molecule has 2 atom stereocenters. The van der Waals surface area contributed by atoms with Crippen molar-refractivity contribution in [2.24, 2.45) is 0 Å². The van der Waals surface area contributed by atoms with E-state index in [2.05, 4.69) is 10.3 Å². The second-order valence-electron chi connectivity index (χ2n) is 5.79. The third kappa shape index (κ3) is 3.12. The maximum absolute atomic E-state index is 12.5. The Labute approximate surface area is 135 Å². The Morgan fingerprint density at radius 2 is 2.17 bits per heavy atom. The van der Waals surface area contributed by atoms with Gasteiger partial charge in [0.1, 0.15) is 17.2 Å². The molecule has 2 N–H and O–H groups in total. The molecular weight excluding hydrogens is 296 g/mol. The Morgan fingerprint density at radius 3 is 2.83 bits per heavy atom. The number of aromatic nitrogens is 1. The van der Waals surface area contributed by atoms with E-state index < -0.39 is 0 Å². The molecule has 124 valence electrons. The molecule has 1 fully saturated rings. The van der Waals surface area contributed by atoms with Crippen molar-refractivity contribution in [3.05, 3.63) is 23.9 Å². The fourth-order valence-corrected chi connectivity index (χ4v) is 2.96. The lowest BCUT2D eigenvalue weighted by molar-refractivity contribution is 0.0710. The molecule has 23 heavy (non-hydrogen) atoms. The van der Waals surface area contributed by atoms with Gasteiger partial charge in [-0.05, 0) is 31.9 Å². The molecule has 2 heterocycles. The molecule has 6 nitrogen and oxygen atoms in total. The molecule has 1 aromatic carbocycles. The lowest BCUT2D eigenvalue weighted by atomic mass is 10.1. The van der Waals surface area contributed by atoms with E-state index in [1.807, 2.05) is 13.0 Å². The molecule has 3 rings (SSSR count). The molecule has 1 aliphatic heterocycles. The van der Waals surface area contributed by atoms with Crippen molar-refractivity contribution < 1.29 is 19.0 Å². The van der Waals surface area contributed by atoms with Gasteiger partial charge in [-0.25, -0.2) is 0 Å². The number of rotatable bonds is 5. The third-order valence-corrected chi connectivity index (χ3v) is 4.25. The van der Waals surface area contributed by atoms with E-state index in [1.54, 1.807) is 26.4 Å². The lowest BCUT2D eigenvalue weighted by Crippen LogP contribution is -2.40. The van der Waals surface area contributed by atoms with Gasteiger partial charge in [-0.15, -0.1) is 0 Å². The third-order valence-electron chi connectivity index (χ3n) is 4.25. The van der Waals surface area contributed by atoms with Crippen LogP contribution in [0.4, 0.5) is 0 Å². The molecule has 2 aromatic rings. The number of ether oxygens (including phenoxy) is 3. The fraction of sp³-hybridized carbons (Fsp3) is 0.471. The quantitative estimate of drug-likeness (QED) is 0.888. The summed E-state index contributed by atoms with van der Waals surface area (Å²) in [5, 5.41) is 3.87. The Bertz CT molecular complexity index is 704. The Kier molecular flexibility index (Phi) is 4.43. The summed E-state index contributed by atoms with van der Waals surface area (Å²) in [7, 11) is 3.19. The highest BCUT2D eigenvalue weighted by Crippen LogP contribution is 2.31. The van der Waals surface area contributed by atoms with E-state index in [9.17, 15) is 4.79 Å². The van der Waals surface area contributed by atoms with Crippen molar-refractivity contribution >= 4 is 16.8 Å². The van der Waals surface area contributed by atoms with Gasteiger partial charge in [0.15, 0.2) is 0 Å². The van der Waals surface area contributed by atoms with Crippen molar-refractivity contribution in [1.82, 2.24) is 10.3 Å². The Hall–Kier alpha value is -2.21. The molecule has 1 aliphatic rings. The van der Waals surface area contributed by atoms with E-state index in [1.165, 1.54) is 0 Å². The molecule has 0 bridgehead atoms. The van der Waals surface area contributed by atoms with Gasteiger partial charge in [0, 0.05) is 18.1 Å². The standard InChI is InChI=1S/C17H22N2O4/c1-10(14-5-4-6-23-14)18-17(20)13-8-11-7-12(21-2)9-15(22-3)16(11)19-13/h7-10,14,19H,4-6H2,1-3H3,(H,18,20)/t10-,14+/m1/s1. The number of fused-ring (bicyclic) bond motifs is 1. The van der Waals surface area contributed by atoms with Crippen molar-refractivity contribution in [2.75, 3.05) is 20.8 Å².